The Labute approximate surface area is 143 Å². The lowest BCUT2D eigenvalue weighted by atomic mass is 10.0. The molecule has 0 fully saturated rings. The number of alkyl halides is 3. The number of aromatic nitrogens is 1. The Morgan fingerprint density at radius 3 is 2.68 bits per heavy atom. The molecule has 1 aromatic heterocycles. The van der Waals surface area contributed by atoms with E-state index in [1.54, 1.807) is 6.07 Å². The van der Waals surface area contributed by atoms with Crippen LogP contribution in [0.4, 0.5) is 24.5 Å². The lowest BCUT2D eigenvalue weighted by Gasteiger charge is -2.27. The van der Waals surface area contributed by atoms with E-state index >= 15 is 0 Å². The summed E-state index contributed by atoms with van der Waals surface area (Å²) < 4.78 is 38.0. The number of carbonyl (C=O) groups excluding carboxylic acids is 1. The maximum Gasteiger partial charge on any atom is 0.433 e. The predicted octanol–water partition coefficient (Wildman–Crippen LogP) is 4.04. The van der Waals surface area contributed by atoms with E-state index in [2.05, 4.69) is 15.2 Å². The summed E-state index contributed by atoms with van der Waals surface area (Å²) >= 11 is 0. The molecular weight excluding hydrogens is 331 g/mol. The van der Waals surface area contributed by atoms with Gasteiger partial charge in [-0.25, -0.2) is 4.98 Å². The molecule has 1 aliphatic heterocycles. The van der Waals surface area contributed by atoms with E-state index in [1.807, 2.05) is 19.2 Å². The third-order valence-corrected chi connectivity index (χ3v) is 4.31. The average Bonchev–Trinajstić information content (AvgIpc) is 2.54. The van der Waals surface area contributed by atoms with Crippen molar-refractivity contribution in [3.63, 3.8) is 0 Å². The number of hydrogen-bond acceptors (Lipinski definition) is 3. The van der Waals surface area contributed by atoms with E-state index in [9.17, 15) is 18.0 Å². The van der Waals surface area contributed by atoms with Gasteiger partial charge in [0.1, 0.15) is 5.69 Å². The molecule has 25 heavy (non-hydrogen) atoms. The second kappa shape index (κ2) is 6.38. The molecule has 1 N–H and O–H groups in total. The average molecular weight is 349 g/mol. The van der Waals surface area contributed by atoms with E-state index in [4.69, 9.17) is 0 Å². The number of rotatable bonds is 2. The van der Waals surface area contributed by atoms with Crippen molar-refractivity contribution >= 4 is 17.3 Å². The Balaban J connectivity index is 1.81. The van der Waals surface area contributed by atoms with Crippen molar-refractivity contribution in [1.82, 2.24) is 4.98 Å². The summed E-state index contributed by atoms with van der Waals surface area (Å²) in [6.45, 7) is 2.39. The number of pyridine rings is 1. The van der Waals surface area contributed by atoms with E-state index in [0.717, 1.165) is 42.8 Å². The molecule has 132 valence electrons. The first-order valence-electron chi connectivity index (χ1n) is 7.96. The molecule has 0 bridgehead atoms. The van der Waals surface area contributed by atoms with Crippen LogP contribution < -0.4 is 10.2 Å². The lowest BCUT2D eigenvalue weighted by molar-refractivity contribution is -0.141. The van der Waals surface area contributed by atoms with Gasteiger partial charge in [0, 0.05) is 25.0 Å². The van der Waals surface area contributed by atoms with Gasteiger partial charge in [-0.05, 0) is 55.7 Å². The zero-order chi connectivity index (χ0) is 18.2. The van der Waals surface area contributed by atoms with Crippen LogP contribution in [0.25, 0.3) is 0 Å². The van der Waals surface area contributed by atoms with Crippen molar-refractivity contribution in [2.75, 3.05) is 23.8 Å². The molecule has 2 heterocycles. The summed E-state index contributed by atoms with van der Waals surface area (Å²) in [5.74, 6) is -0.470. The van der Waals surface area contributed by atoms with Crippen LogP contribution >= 0.6 is 0 Å². The van der Waals surface area contributed by atoms with Gasteiger partial charge in [0.25, 0.3) is 5.91 Å². The number of anilines is 2. The minimum Gasteiger partial charge on any atom is -0.374 e. The third kappa shape index (κ3) is 3.60. The lowest BCUT2D eigenvalue weighted by Crippen LogP contribution is -2.24. The highest BCUT2D eigenvalue weighted by atomic mass is 19.4. The molecule has 0 aliphatic carbocycles. The standard InChI is InChI=1S/C18H18F3N3O/c1-11-14(6-8-16(22-11)18(19,20)21)17(25)23-13-5-7-15-12(10-13)4-3-9-24(15)2/h5-8,10H,3-4,9H2,1-2H3,(H,23,25). The monoisotopic (exact) mass is 349 g/mol. The summed E-state index contributed by atoms with van der Waals surface area (Å²) in [5, 5.41) is 2.74. The number of hydrogen-bond donors (Lipinski definition) is 1. The van der Waals surface area contributed by atoms with Gasteiger partial charge in [-0.1, -0.05) is 0 Å². The normalized spacial score (nSPS) is 14.2. The third-order valence-electron chi connectivity index (χ3n) is 4.31. The fraction of sp³-hybridized carbons (Fsp3) is 0.333. The summed E-state index contributed by atoms with van der Waals surface area (Å²) in [5.41, 5.74) is 2.08. The first-order chi connectivity index (χ1) is 11.8. The highest BCUT2D eigenvalue weighted by Crippen LogP contribution is 2.30. The van der Waals surface area contributed by atoms with Gasteiger partial charge in [-0.15, -0.1) is 0 Å². The molecule has 0 radical (unpaired) electrons. The van der Waals surface area contributed by atoms with Crippen LogP contribution in [-0.2, 0) is 12.6 Å². The Morgan fingerprint density at radius 1 is 1.24 bits per heavy atom. The summed E-state index contributed by atoms with van der Waals surface area (Å²) in [6, 6.07) is 7.64. The summed E-state index contributed by atoms with van der Waals surface area (Å²) in [6.07, 6.45) is -2.54. The second-order valence-corrected chi connectivity index (χ2v) is 6.15. The van der Waals surface area contributed by atoms with Crippen molar-refractivity contribution < 1.29 is 18.0 Å². The van der Waals surface area contributed by atoms with Crippen LogP contribution in [-0.4, -0.2) is 24.5 Å². The molecule has 0 atom stereocenters. The van der Waals surface area contributed by atoms with Gasteiger partial charge in [-0.2, -0.15) is 13.2 Å². The van der Waals surface area contributed by atoms with Crippen molar-refractivity contribution in [2.24, 2.45) is 0 Å². The van der Waals surface area contributed by atoms with Gasteiger partial charge < -0.3 is 10.2 Å². The number of nitrogens with one attached hydrogen (secondary N) is 1. The van der Waals surface area contributed by atoms with E-state index < -0.39 is 17.8 Å². The number of halogens is 3. The first kappa shape index (κ1) is 17.3. The maximum atomic E-state index is 12.7. The molecule has 1 aromatic carbocycles. The molecule has 0 saturated carbocycles. The molecule has 3 rings (SSSR count). The number of benzene rings is 1. The highest BCUT2D eigenvalue weighted by Gasteiger charge is 2.33. The van der Waals surface area contributed by atoms with E-state index in [-0.39, 0.29) is 11.3 Å². The zero-order valence-electron chi connectivity index (χ0n) is 13.9. The van der Waals surface area contributed by atoms with Crippen LogP contribution in [0.3, 0.4) is 0 Å². The fourth-order valence-corrected chi connectivity index (χ4v) is 3.02. The minimum absolute atomic E-state index is 0.0463. The van der Waals surface area contributed by atoms with Gasteiger partial charge in [0.2, 0.25) is 0 Å². The quantitative estimate of drug-likeness (QED) is 0.890. The van der Waals surface area contributed by atoms with Gasteiger partial charge >= 0.3 is 6.18 Å². The summed E-state index contributed by atoms with van der Waals surface area (Å²) in [4.78, 5) is 18.0. The summed E-state index contributed by atoms with van der Waals surface area (Å²) in [7, 11) is 2.02. The number of carbonyl (C=O) groups is 1. The molecule has 1 aliphatic rings. The van der Waals surface area contributed by atoms with Gasteiger partial charge in [0.15, 0.2) is 0 Å². The first-order valence-corrected chi connectivity index (χ1v) is 7.96. The highest BCUT2D eigenvalue weighted by molar-refractivity contribution is 6.05. The largest absolute Gasteiger partial charge is 0.433 e. The Bertz CT molecular complexity index is 818. The second-order valence-electron chi connectivity index (χ2n) is 6.15. The van der Waals surface area contributed by atoms with Gasteiger partial charge in [-0.3, -0.25) is 4.79 Å². The van der Waals surface area contributed by atoms with E-state index in [0.29, 0.717) is 5.69 Å². The van der Waals surface area contributed by atoms with Crippen molar-refractivity contribution in [1.29, 1.82) is 0 Å². The predicted molar refractivity (Wildman–Crippen MR) is 90.0 cm³/mol. The van der Waals surface area contributed by atoms with Crippen molar-refractivity contribution in [3.05, 3.63) is 52.8 Å². The van der Waals surface area contributed by atoms with E-state index in [1.165, 1.54) is 6.92 Å². The SMILES string of the molecule is Cc1nc(C(F)(F)F)ccc1C(=O)Nc1ccc2c(c1)CCCN2C. The van der Waals surface area contributed by atoms with Crippen molar-refractivity contribution in [3.8, 4) is 0 Å². The Kier molecular flexibility index (Phi) is 4.41. The van der Waals surface area contributed by atoms with Crippen LogP contribution in [0.1, 0.15) is 33.7 Å². The number of fused-ring (bicyclic) bond motifs is 1. The Hall–Kier alpha value is -2.57. The molecule has 0 spiro atoms. The van der Waals surface area contributed by atoms with Crippen LogP contribution in [0.15, 0.2) is 30.3 Å². The van der Waals surface area contributed by atoms with Crippen LogP contribution in [0.2, 0.25) is 0 Å². The molecule has 2 aromatic rings. The minimum atomic E-state index is -4.52. The number of aryl methyl sites for hydroxylation is 2. The maximum absolute atomic E-state index is 12.7. The zero-order valence-corrected chi connectivity index (χ0v) is 13.9. The van der Waals surface area contributed by atoms with Crippen molar-refractivity contribution in [2.45, 2.75) is 25.9 Å². The smallest absolute Gasteiger partial charge is 0.374 e. The fourth-order valence-electron chi connectivity index (χ4n) is 3.02. The number of amides is 1. The topological polar surface area (TPSA) is 45.2 Å². The molecule has 7 heteroatoms. The van der Waals surface area contributed by atoms with Crippen LogP contribution in [0, 0.1) is 6.92 Å². The Morgan fingerprint density at radius 2 is 2.00 bits per heavy atom. The molecule has 1 amide bonds. The molecule has 0 unspecified atom stereocenters. The van der Waals surface area contributed by atoms with Gasteiger partial charge in [0.05, 0.1) is 11.3 Å². The van der Waals surface area contributed by atoms with Crippen LogP contribution in [0.5, 0.6) is 0 Å². The number of nitrogens with zero attached hydrogens (tertiary/aromatic N) is 2. The molecular formula is C18H18F3N3O. The molecule has 0 saturated heterocycles. The molecule has 4 nitrogen and oxygen atoms in total.